The maximum Gasteiger partial charge on any atom is 0.340 e. The fraction of sp³-hybridized carbons (Fsp3) is 0.600. The van der Waals surface area contributed by atoms with Crippen LogP contribution in [0, 0.1) is 20.8 Å². The number of carbonyl (C=O) groups is 1. The fourth-order valence-electron chi connectivity index (χ4n) is 3.86. The summed E-state index contributed by atoms with van der Waals surface area (Å²) in [6.45, 7) is 12.0. The van der Waals surface area contributed by atoms with Crippen molar-refractivity contribution < 1.29 is 9.53 Å². The Hall–Kier alpha value is -1.70. The first-order valence-electron chi connectivity index (χ1n) is 9.49. The van der Waals surface area contributed by atoms with Crippen LogP contribution in [0.3, 0.4) is 0 Å². The first-order chi connectivity index (χ1) is 12.9. The Morgan fingerprint density at radius 1 is 1.11 bits per heavy atom. The summed E-state index contributed by atoms with van der Waals surface area (Å²) in [5, 5.41) is 3.29. The SMILES string of the molecule is COC(=O)c1c(CN2CCCN(Cc3csc(C)n3)CC2)c(C)n(C)c1C. The van der Waals surface area contributed by atoms with Gasteiger partial charge < -0.3 is 9.30 Å². The van der Waals surface area contributed by atoms with E-state index in [0.717, 1.165) is 73.2 Å². The molecule has 0 aromatic carbocycles. The van der Waals surface area contributed by atoms with Gasteiger partial charge in [0.1, 0.15) is 0 Å². The second-order valence-corrected chi connectivity index (χ2v) is 8.40. The Bertz CT molecular complexity index is 811. The van der Waals surface area contributed by atoms with Crippen molar-refractivity contribution in [2.24, 2.45) is 7.05 Å². The first-order valence-corrected chi connectivity index (χ1v) is 10.4. The Labute approximate surface area is 165 Å². The number of ether oxygens (including phenoxy) is 1. The quantitative estimate of drug-likeness (QED) is 0.735. The van der Waals surface area contributed by atoms with Crippen LogP contribution in [0.2, 0.25) is 0 Å². The van der Waals surface area contributed by atoms with Crippen molar-refractivity contribution >= 4 is 17.3 Å². The van der Waals surface area contributed by atoms with Crippen LogP contribution in [0.15, 0.2) is 5.38 Å². The monoisotopic (exact) mass is 390 g/mol. The molecule has 0 aliphatic carbocycles. The van der Waals surface area contributed by atoms with Crippen LogP contribution in [0.1, 0.15) is 44.4 Å². The molecular formula is C20H30N4O2S. The van der Waals surface area contributed by atoms with E-state index in [0.29, 0.717) is 0 Å². The summed E-state index contributed by atoms with van der Waals surface area (Å²) < 4.78 is 7.13. The molecule has 1 aliphatic rings. The first kappa shape index (κ1) is 20.0. The van der Waals surface area contributed by atoms with Crippen LogP contribution in [-0.4, -0.2) is 58.6 Å². The number of aromatic nitrogens is 2. The molecule has 1 fully saturated rings. The second-order valence-electron chi connectivity index (χ2n) is 7.34. The molecule has 0 unspecified atom stereocenters. The number of hydrogen-bond donors (Lipinski definition) is 0. The third-order valence-electron chi connectivity index (χ3n) is 5.61. The van der Waals surface area contributed by atoms with Crippen LogP contribution < -0.4 is 0 Å². The highest BCUT2D eigenvalue weighted by Gasteiger charge is 2.25. The minimum absolute atomic E-state index is 0.235. The molecule has 0 bridgehead atoms. The number of thiazole rings is 1. The summed E-state index contributed by atoms with van der Waals surface area (Å²) in [6, 6.07) is 0. The van der Waals surface area contributed by atoms with Crippen LogP contribution in [-0.2, 0) is 24.9 Å². The molecule has 6 nitrogen and oxygen atoms in total. The number of nitrogens with zero attached hydrogens (tertiary/aromatic N) is 4. The summed E-state index contributed by atoms with van der Waals surface area (Å²) in [6.07, 6.45) is 1.13. The highest BCUT2D eigenvalue weighted by molar-refractivity contribution is 7.09. The van der Waals surface area contributed by atoms with Gasteiger partial charge in [-0.25, -0.2) is 9.78 Å². The second kappa shape index (κ2) is 8.54. The Morgan fingerprint density at radius 3 is 2.37 bits per heavy atom. The zero-order valence-corrected chi connectivity index (χ0v) is 17.9. The van der Waals surface area contributed by atoms with Gasteiger partial charge in [-0.15, -0.1) is 11.3 Å². The number of methoxy groups -OCH3 is 1. The van der Waals surface area contributed by atoms with E-state index in [1.807, 2.05) is 14.0 Å². The van der Waals surface area contributed by atoms with E-state index in [1.54, 1.807) is 11.3 Å². The number of aryl methyl sites for hydroxylation is 1. The van der Waals surface area contributed by atoms with E-state index >= 15 is 0 Å². The predicted molar refractivity (Wildman–Crippen MR) is 108 cm³/mol. The lowest BCUT2D eigenvalue weighted by Crippen LogP contribution is -2.30. The van der Waals surface area contributed by atoms with E-state index in [1.165, 1.54) is 12.8 Å². The molecule has 2 aromatic rings. The smallest absolute Gasteiger partial charge is 0.340 e. The van der Waals surface area contributed by atoms with Crippen molar-refractivity contribution in [3.05, 3.63) is 38.6 Å². The van der Waals surface area contributed by atoms with Gasteiger partial charge in [-0.2, -0.15) is 0 Å². The molecule has 3 heterocycles. The third kappa shape index (κ3) is 4.42. The van der Waals surface area contributed by atoms with Gasteiger partial charge in [-0.05, 0) is 40.3 Å². The van der Waals surface area contributed by atoms with Crippen LogP contribution >= 0.6 is 11.3 Å². The summed E-state index contributed by atoms with van der Waals surface area (Å²) in [4.78, 5) is 21.9. The summed E-state index contributed by atoms with van der Waals surface area (Å²) in [7, 11) is 3.47. The van der Waals surface area contributed by atoms with Crippen LogP contribution in [0.4, 0.5) is 0 Å². The van der Waals surface area contributed by atoms with Gasteiger partial charge in [-0.3, -0.25) is 9.80 Å². The minimum atomic E-state index is -0.235. The predicted octanol–water partition coefficient (Wildman–Crippen LogP) is 2.90. The topological polar surface area (TPSA) is 50.6 Å². The van der Waals surface area contributed by atoms with Gasteiger partial charge in [-0.1, -0.05) is 0 Å². The Balaban J connectivity index is 1.68. The van der Waals surface area contributed by atoms with E-state index in [4.69, 9.17) is 4.74 Å². The van der Waals surface area contributed by atoms with Crippen molar-refractivity contribution in [2.45, 2.75) is 40.3 Å². The largest absolute Gasteiger partial charge is 0.465 e. The minimum Gasteiger partial charge on any atom is -0.465 e. The zero-order valence-electron chi connectivity index (χ0n) is 17.0. The van der Waals surface area contributed by atoms with Crippen LogP contribution in [0.5, 0.6) is 0 Å². The average molecular weight is 391 g/mol. The van der Waals surface area contributed by atoms with Crippen LogP contribution in [0.25, 0.3) is 0 Å². The maximum absolute atomic E-state index is 12.3. The molecule has 1 saturated heterocycles. The van der Waals surface area contributed by atoms with Crippen molar-refractivity contribution in [2.75, 3.05) is 33.3 Å². The molecule has 2 aromatic heterocycles. The summed E-state index contributed by atoms with van der Waals surface area (Å²) in [5.74, 6) is -0.235. The van der Waals surface area contributed by atoms with Gasteiger partial charge in [0, 0.05) is 55.6 Å². The lowest BCUT2D eigenvalue weighted by atomic mass is 10.1. The molecule has 7 heteroatoms. The lowest BCUT2D eigenvalue weighted by molar-refractivity contribution is 0.0597. The summed E-state index contributed by atoms with van der Waals surface area (Å²) in [5.41, 5.74) is 5.13. The van der Waals surface area contributed by atoms with E-state index < -0.39 is 0 Å². The highest BCUT2D eigenvalue weighted by Crippen LogP contribution is 2.24. The maximum atomic E-state index is 12.3. The van der Waals surface area contributed by atoms with Crippen molar-refractivity contribution in [1.29, 1.82) is 0 Å². The standard InChI is InChI=1S/C20H30N4O2S/c1-14-18(19(20(25)26-5)15(2)22(14)4)12-24-8-6-7-23(9-10-24)11-17-13-27-16(3)21-17/h13H,6-12H2,1-5H3. The molecule has 0 saturated carbocycles. The highest BCUT2D eigenvalue weighted by atomic mass is 32.1. The van der Waals surface area contributed by atoms with E-state index in [-0.39, 0.29) is 5.97 Å². The van der Waals surface area contributed by atoms with Gasteiger partial charge >= 0.3 is 5.97 Å². The molecule has 0 amide bonds. The normalized spacial score (nSPS) is 16.5. The molecule has 3 rings (SSSR count). The zero-order chi connectivity index (χ0) is 19.6. The van der Waals surface area contributed by atoms with Gasteiger partial charge in [0.05, 0.1) is 23.4 Å². The molecule has 148 valence electrons. The molecule has 0 spiro atoms. The molecular weight excluding hydrogens is 360 g/mol. The van der Waals surface area contributed by atoms with Gasteiger partial charge in [0.15, 0.2) is 0 Å². The van der Waals surface area contributed by atoms with Crippen molar-refractivity contribution in [3.63, 3.8) is 0 Å². The molecule has 0 radical (unpaired) electrons. The number of rotatable bonds is 5. The van der Waals surface area contributed by atoms with E-state index in [2.05, 4.69) is 38.6 Å². The Kier molecular flexibility index (Phi) is 6.34. The number of carbonyl (C=O) groups excluding carboxylic acids is 1. The van der Waals surface area contributed by atoms with E-state index in [9.17, 15) is 4.79 Å². The fourth-order valence-corrected chi connectivity index (χ4v) is 4.47. The third-order valence-corrected chi connectivity index (χ3v) is 6.43. The van der Waals surface area contributed by atoms with Crippen molar-refractivity contribution in [3.8, 4) is 0 Å². The summed E-state index contributed by atoms with van der Waals surface area (Å²) >= 11 is 1.72. The lowest BCUT2D eigenvalue weighted by Gasteiger charge is -2.22. The van der Waals surface area contributed by atoms with Gasteiger partial charge in [0.25, 0.3) is 0 Å². The van der Waals surface area contributed by atoms with Crippen molar-refractivity contribution in [1.82, 2.24) is 19.4 Å². The molecule has 0 N–H and O–H groups in total. The molecule has 1 aliphatic heterocycles. The number of esters is 1. The number of hydrogen-bond acceptors (Lipinski definition) is 6. The molecule has 0 atom stereocenters. The van der Waals surface area contributed by atoms with Gasteiger partial charge in [0.2, 0.25) is 0 Å². The molecule has 27 heavy (non-hydrogen) atoms. The average Bonchev–Trinajstić information content (AvgIpc) is 3.04. The Morgan fingerprint density at radius 2 is 1.78 bits per heavy atom.